The summed E-state index contributed by atoms with van der Waals surface area (Å²) in [4.78, 5) is 26.9. The minimum Gasteiger partial charge on any atom is -0.346 e. The van der Waals surface area contributed by atoms with E-state index in [0.717, 1.165) is 29.8 Å². The van der Waals surface area contributed by atoms with E-state index in [1.165, 1.54) is 48.4 Å². The maximum absolute atomic E-state index is 13.3. The topological polar surface area (TPSA) is 54.3 Å². The largest absolute Gasteiger partial charge is 0.346 e. The molecule has 1 saturated heterocycles. The Morgan fingerprint density at radius 2 is 1.77 bits per heavy atom. The molecule has 30 heavy (non-hydrogen) atoms. The van der Waals surface area contributed by atoms with E-state index in [-0.39, 0.29) is 10.7 Å². The molecule has 2 aliphatic rings. The number of halogens is 1. The van der Waals surface area contributed by atoms with Gasteiger partial charge in [-0.2, -0.15) is 0 Å². The molecule has 2 heterocycles. The van der Waals surface area contributed by atoms with Crippen LogP contribution in [0.2, 0.25) is 0 Å². The molecule has 4 rings (SSSR count). The number of nitrogens with zero attached hydrogens (tertiary/aromatic N) is 2. The molecular formula is C23H24FN3O2S. The lowest BCUT2D eigenvalue weighted by Gasteiger charge is -2.29. The quantitative estimate of drug-likeness (QED) is 0.445. The van der Waals surface area contributed by atoms with E-state index in [9.17, 15) is 14.0 Å². The Hall–Kier alpha value is -2.80. The van der Waals surface area contributed by atoms with E-state index < -0.39 is 17.6 Å². The highest BCUT2D eigenvalue weighted by Gasteiger charge is 2.35. The number of carbonyl (C=O) groups is 2. The third-order valence-corrected chi connectivity index (χ3v) is 6.23. The van der Waals surface area contributed by atoms with Gasteiger partial charge in [0, 0.05) is 17.4 Å². The van der Waals surface area contributed by atoms with E-state index in [0.29, 0.717) is 11.7 Å². The molecule has 2 aromatic rings. The summed E-state index contributed by atoms with van der Waals surface area (Å²) in [6, 6.07) is 7.91. The average molecular weight is 426 g/mol. The normalized spacial score (nSPS) is 19.5. The van der Waals surface area contributed by atoms with Gasteiger partial charge in [-0.05, 0) is 80.9 Å². The standard InChI is InChI=1S/C23H24FN3O2S/c1-14-12-16(15(2)26(14)18-6-4-3-5-7-18)13-20-21(28)25-23(30)27(22(20)29)19-10-8-17(24)9-11-19/h8-13,18H,3-7H2,1-2H3,(H,25,28,30)/b20-13+. The van der Waals surface area contributed by atoms with Gasteiger partial charge < -0.3 is 4.57 Å². The van der Waals surface area contributed by atoms with E-state index in [2.05, 4.69) is 16.8 Å². The summed E-state index contributed by atoms with van der Waals surface area (Å²) in [5.41, 5.74) is 3.44. The molecule has 2 fully saturated rings. The number of benzene rings is 1. The summed E-state index contributed by atoms with van der Waals surface area (Å²) in [6.45, 7) is 4.09. The summed E-state index contributed by atoms with van der Waals surface area (Å²) < 4.78 is 15.6. The second-order valence-electron chi connectivity index (χ2n) is 7.92. The van der Waals surface area contributed by atoms with E-state index >= 15 is 0 Å². The smallest absolute Gasteiger partial charge is 0.270 e. The van der Waals surface area contributed by atoms with Crippen molar-refractivity contribution in [3.05, 3.63) is 58.7 Å². The molecule has 0 unspecified atom stereocenters. The summed E-state index contributed by atoms with van der Waals surface area (Å²) >= 11 is 5.20. The number of rotatable bonds is 3. The molecule has 1 aromatic heterocycles. The third kappa shape index (κ3) is 3.69. The van der Waals surface area contributed by atoms with Crippen molar-refractivity contribution in [3.8, 4) is 0 Å². The first-order valence-electron chi connectivity index (χ1n) is 10.2. The lowest BCUT2D eigenvalue weighted by molar-refractivity contribution is -0.122. The number of nitrogens with one attached hydrogen (secondary N) is 1. The zero-order chi connectivity index (χ0) is 21.4. The van der Waals surface area contributed by atoms with Crippen molar-refractivity contribution in [2.75, 3.05) is 4.90 Å². The van der Waals surface area contributed by atoms with Crippen molar-refractivity contribution >= 4 is 40.9 Å². The number of amides is 2. The molecular weight excluding hydrogens is 401 g/mol. The van der Waals surface area contributed by atoms with E-state index in [1.807, 2.05) is 13.0 Å². The fourth-order valence-corrected chi connectivity index (χ4v) is 4.77. The Morgan fingerprint density at radius 3 is 2.43 bits per heavy atom. The van der Waals surface area contributed by atoms with Crippen LogP contribution in [0, 0.1) is 19.7 Å². The Morgan fingerprint density at radius 1 is 1.10 bits per heavy atom. The lowest BCUT2D eigenvalue weighted by Crippen LogP contribution is -2.54. The van der Waals surface area contributed by atoms with Crippen molar-refractivity contribution in [3.63, 3.8) is 0 Å². The van der Waals surface area contributed by atoms with Crippen LogP contribution in [0.4, 0.5) is 10.1 Å². The zero-order valence-electron chi connectivity index (χ0n) is 17.1. The molecule has 0 bridgehead atoms. The SMILES string of the molecule is Cc1cc(/C=C2\C(=O)NC(=S)N(c3ccc(F)cc3)C2=O)c(C)n1C1CCCCC1. The summed E-state index contributed by atoms with van der Waals surface area (Å²) in [6.07, 6.45) is 7.67. The second kappa shape index (κ2) is 8.14. The van der Waals surface area contributed by atoms with Crippen molar-refractivity contribution < 1.29 is 14.0 Å². The number of thiocarbonyl (C=S) groups is 1. The van der Waals surface area contributed by atoms with Gasteiger partial charge in [0.2, 0.25) is 0 Å². The van der Waals surface area contributed by atoms with Gasteiger partial charge in [0.25, 0.3) is 11.8 Å². The van der Waals surface area contributed by atoms with Gasteiger partial charge in [0.15, 0.2) is 5.11 Å². The van der Waals surface area contributed by atoms with Crippen molar-refractivity contribution in [1.29, 1.82) is 0 Å². The van der Waals surface area contributed by atoms with Gasteiger partial charge in [-0.15, -0.1) is 0 Å². The van der Waals surface area contributed by atoms with Crippen LogP contribution in [0.5, 0.6) is 0 Å². The Kier molecular flexibility index (Phi) is 5.56. The predicted molar refractivity (Wildman–Crippen MR) is 119 cm³/mol. The molecule has 0 spiro atoms. The summed E-state index contributed by atoms with van der Waals surface area (Å²) in [5, 5.41) is 2.56. The molecule has 5 nitrogen and oxygen atoms in total. The molecule has 0 atom stereocenters. The van der Waals surface area contributed by atoms with E-state index in [1.54, 1.807) is 6.08 Å². The van der Waals surface area contributed by atoms with Crippen molar-refractivity contribution in [1.82, 2.24) is 9.88 Å². The maximum atomic E-state index is 13.3. The monoisotopic (exact) mass is 425 g/mol. The summed E-state index contributed by atoms with van der Waals surface area (Å²) in [7, 11) is 0. The molecule has 0 radical (unpaired) electrons. The van der Waals surface area contributed by atoms with Crippen LogP contribution >= 0.6 is 12.2 Å². The van der Waals surface area contributed by atoms with Crippen LogP contribution in [0.3, 0.4) is 0 Å². The van der Waals surface area contributed by atoms with E-state index in [4.69, 9.17) is 12.2 Å². The predicted octanol–water partition coefficient (Wildman–Crippen LogP) is 4.58. The number of aryl methyl sites for hydroxylation is 1. The fraction of sp³-hybridized carbons (Fsp3) is 0.348. The molecule has 156 valence electrons. The van der Waals surface area contributed by atoms with Crippen LogP contribution in [0.15, 0.2) is 35.9 Å². The minimum absolute atomic E-state index is 0.0109. The number of anilines is 1. The minimum atomic E-state index is -0.522. The van der Waals surface area contributed by atoms with Gasteiger partial charge >= 0.3 is 0 Å². The van der Waals surface area contributed by atoms with Crippen LogP contribution in [-0.2, 0) is 9.59 Å². The van der Waals surface area contributed by atoms with Crippen molar-refractivity contribution in [2.45, 2.75) is 52.0 Å². The lowest BCUT2D eigenvalue weighted by atomic mass is 9.95. The second-order valence-corrected chi connectivity index (χ2v) is 8.31. The number of hydrogen-bond donors (Lipinski definition) is 1. The molecule has 1 aromatic carbocycles. The Bertz CT molecular complexity index is 1050. The van der Waals surface area contributed by atoms with Crippen LogP contribution in [0.25, 0.3) is 6.08 Å². The zero-order valence-corrected chi connectivity index (χ0v) is 17.9. The fourth-order valence-electron chi connectivity index (χ4n) is 4.49. The van der Waals surface area contributed by atoms with Gasteiger partial charge in [-0.1, -0.05) is 19.3 Å². The number of aromatic nitrogens is 1. The number of hydrogen-bond acceptors (Lipinski definition) is 3. The average Bonchev–Trinajstić information content (AvgIpc) is 3.00. The highest BCUT2D eigenvalue weighted by atomic mass is 32.1. The Labute approximate surface area is 180 Å². The highest BCUT2D eigenvalue weighted by Crippen LogP contribution is 2.33. The summed E-state index contributed by atoms with van der Waals surface area (Å²) in [5.74, 6) is -1.45. The van der Waals surface area contributed by atoms with Crippen molar-refractivity contribution in [2.24, 2.45) is 0 Å². The van der Waals surface area contributed by atoms with Gasteiger partial charge in [-0.25, -0.2) is 4.39 Å². The molecule has 1 saturated carbocycles. The van der Waals surface area contributed by atoms with Gasteiger partial charge in [0.1, 0.15) is 11.4 Å². The molecule has 1 N–H and O–H groups in total. The molecule has 7 heteroatoms. The van der Waals surface area contributed by atoms with Crippen LogP contribution in [-0.4, -0.2) is 21.5 Å². The van der Waals surface area contributed by atoms with Gasteiger partial charge in [0.05, 0.1) is 5.69 Å². The Balaban J connectivity index is 1.70. The first-order valence-corrected chi connectivity index (χ1v) is 10.6. The highest BCUT2D eigenvalue weighted by molar-refractivity contribution is 7.80. The first kappa shape index (κ1) is 20.5. The molecule has 1 aliphatic heterocycles. The van der Waals surface area contributed by atoms with Gasteiger partial charge in [-0.3, -0.25) is 19.8 Å². The maximum Gasteiger partial charge on any atom is 0.270 e. The third-order valence-electron chi connectivity index (χ3n) is 5.95. The molecule has 1 aliphatic carbocycles. The van der Waals surface area contributed by atoms with Crippen LogP contribution in [0.1, 0.15) is 55.1 Å². The first-order chi connectivity index (χ1) is 14.4. The molecule has 2 amide bonds. The number of carbonyl (C=O) groups excluding carboxylic acids is 2. The van der Waals surface area contributed by atoms with Crippen LogP contribution < -0.4 is 10.2 Å².